The van der Waals surface area contributed by atoms with Gasteiger partial charge in [0.15, 0.2) is 0 Å². The van der Waals surface area contributed by atoms with Gasteiger partial charge in [-0.15, -0.1) is 0 Å². The molecule has 0 amide bonds. The highest BCUT2D eigenvalue weighted by atomic mass is 16.5. The second-order valence-electron chi connectivity index (χ2n) is 8.04. The Bertz CT molecular complexity index is 779. The number of benzene rings is 1. The highest BCUT2D eigenvalue weighted by Gasteiger charge is 2.27. The molecule has 0 saturated carbocycles. The Morgan fingerprint density at radius 1 is 1.29 bits per heavy atom. The first-order valence-corrected chi connectivity index (χ1v) is 8.77. The van der Waals surface area contributed by atoms with Crippen LogP contribution in [-0.2, 0) is 16.7 Å². The molecule has 24 heavy (non-hydrogen) atoms. The minimum Gasteiger partial charge on any atom is -0.494 e. The van der Waals surface area contributed by atoms with Gasteiger partial charge in [-0.25, -0.2) is 0 Å². The molecule has 0 bridgehead atoms. The molecule has 0 spiro atoms. The summed E-state index contributed by atoms with van der Waals surface area (Å²) >= 11 is 0. The Hall–Kier alpha value is -1.81. The normalized spacial score (nSPS) is 16.0. The molecule has 0 radical (unpaired) electrons. The summed E-state index contributed by atoms with van der Waals surface area (Å²) in [7, 11) is 0. The molecule has 2 heterocycles. The highest BCUT2D eigenvalue weighted by molar-refractivity contribution is 6.14. The third-order valence-electron chi connectivity index (χ3n) is 4.39. The fourth-order valence-corrected chi connectivity index (χ4v) is 3.50. The molecule has 0 saturated heterocycles. The standard InChI is InChI=1S/C20H28N2O2/c1-13(2)10-14-6-7-17-15(11-14)18(16-12-24-9-8-21-16)19(23)22(17)20(3,4)5/h6-7,11,13,23H,8-10,12H2,1-5H3. The monoisotopic (exact) mass is 328 g/mol. The van der Waals surface area contributed by atoms with Crippen LogP contribution in [0.4, 0.5) is 0 Å². The molecule has 0 unspecified atom stereocenters. The maximum atomic E-state index is 11.0. The van der Waals surface area contributed by atoms with Gasteiger partial charge in [0, 0.05) is 10.9 Å². The van der Waals surface area contributed by atoms with Crippen LogP contribution in [0.2, 0.25) is 0 Å². The van der Waals surface area contributed by atoms with Gasteiger partial charge in [0.25, 0.3) is 0 Å². The Balaban J connectivity index is 2.26. The second-order valence-corrected chi connectivity index (χ2v) is 8.04. The number of hydrogen-bond acceptors (Lipinski definition) is 3. The van der Waals surface area contributed by atoms with E-state index in [0.29, 0.717) is 31.6 Å². The number of aromatic nitrogens is 1. The minimum absolute atomic E-state index is 0.212. The smallest absolute Gasteiger partial charge is 0.202 e. The van der Waals surface area contributed by atoms with Crippen LogP contribution < -0.4 is 0 Å². The molecule has 130 valence electrons. The van der Waals surface area contributed by atoms with E-state index in [1.165, 1.54) is 5.56 Å². The topological polar surface area (TPSA) is 46.8 Å². The molecular formula is C20H28N2O2. The molecule has 4 nitrogen and oxygen atoms in total. The van der Waals surface area contributed by atoms with Gasteiger partial charge >= 0.3 is 0 Å². The summed E-state index contributed by atoms with van der Waals surface area (Å²) in [5.74, 6) is 0.892. The fraction of sp³-hybridized carbons (Fsp3) is 0.550. The van der Waals surface area contributed by atoms with Crippen LogP contribution in [0.15, 0.2) is 23.2 Å². The molecule has 0 fully saturated rings. The van der Waals surface area contributed by atoms with Crippen LogP contribution in [0, 0.1) is 5.92 Å². The van der Waals surface area contributed by atoms with E-state index in [4.69, 9.17) is 4.74 Å². The minimum atomic E-state index is -0.212. The van der Waals surface area contributed by atoms with Crippen LogP contribution in [0.5, 0.6) is 5.88 Å². The van der Waals surface area contributed by atoms with Gasteiger partial charge in [-0.2, -0.15) is 0 Å². The third-order valence-corrected chi connectivity index (χ3v) is 4.39. The molecular weight excluding hydrogens is 300 g/mol. The molecule has 1 aromatic heterocycles. The van der Waals surface area contributed by atoms with Crippen LogP contribution in [0.25, 0.3) is 10.9 Å². The summed E-state index contributed by atoms with van der Waals surface area (Å²) < 4.78 is 7.59. The number of ether oxygens (including phenoxy) is 1. The van der Waals surface area contributed by atoms with E-state index in [9.17, 15) is 5.11 Å². The zero-order chi connectivity index (χ0) is 17.5. The maximum Gasteiger partial charge on any atom is 0.202 e. The van der Waals surface area contributed by atoms with Gasteiger partial charge < -0.3 is 14.4 Å². The van der Waals surface area contributed by atoms with Gasteiger partial charge in [-0.3, -0.25) is 4.99 Å². The van der Waals surface area contributed by atoms with Crippen molar-refractivity contribution < 1.29 is 9.84 Å². The number of aliphatic imine (C=N–C) groups is 1. The second kappa shape index (κ2) is 6.25. The average Bonchev–Trinajstić information content (AvgIpc) is 2.78. The first-order chi connectivity index (χ1) is 11.3. The molecule has 1 aliphatic rings. The van der Waals surface area contributed by atoms with Crippen molar-refractivity contribution in [1.82, 2.24) is 4.57 Å². The van der Waals surface area contributed by atoms with Crippen LogP contribution in [-0.4, -0.2) is 35.1 Å². The molecule has 0 aliphatic carbocycles. The van der Waals surface area contributed by atoms with Gasteiger partial charge in [-0.1, -0.05) is 19.9 Å². The van der Waals surface area contributed by atoms with Crippen molar-refractivity contribution in [2.75, 3.05) is 19.8 Å². The Labute approximate surface area is 144 Å². The fourth-order valence-electron chi connectivity index (χ4n) is 3.50. The molecule has 1 aliphatic heterocycles. The Kier molecular flexibility index (Phi) is 4.43. The van der Waals surface area contributed by atoms with Crippen molar-refractivity contribution in [1.29, 1.82) is 0 Å². The SMILES string of the molecule is CC(C)Cc1ccc2c(c1)c(C1=NCCOC1)c(O)n2C(C)(C)C. The molecule has 3 rings (SSSR count). The summed E-state index contributed by atoms with van der Waals surface area (Å²) in [5.41, 5.74) is 3.83. The summed E-state index contributed by atoms with van der Waals surface area (Å²) in [6, 6.07) is 6.52. The number of rotatable bonds is 3. The summed E-state index contributed by atoms with van der Waals surface area (Å²) in [6.45, 7) is 12.5. The van der Waals surface area contributed by atoms with Crippen LogP contribution >= 0.6 is 0 Å². The van der Waals surface area contributed by atoms with E-state index in [2.05, 4.69) is 57.8 Å². The third kappa shape index (κ3) is 3.07. The Morgan fingerprint density at radius 3 is 2.62 bits per heavy atom. The lowest BCUT2D eigenvalue weighted by molar-refractivity contribution is 0.171. The molecule has 2 aromatic rings. The molecule has 4 heteroatoms. The average molecular weight is 328 g/mol. The zero-order valence-electron chi connectivity index (χ0n) is 15.4. The van der Waals surface area contributed by atoms with E-state index in [1.807, 2.05) is 4.57 Å². The number of aromatic hydroxyl groups is 1. The molecule has 1 aromatic carbocycles. The van der Waals surface area contributed by atoms with E-state index in [-0.39, 0.29) is 5.54 Å². The maximum absolute atomic E-state index is 11.0. The van der Waals surface area contributed by atoms with Crippen molar-refractivity contribution in [2.24, 2.45) is 10.9 Å². The lowest BCUT2D eigenvalue weighted by Gasteiger charge is -2.24. The predicted octanol–water partition coefficient (Wildman–Crippen LogP) is 4.12. The van der Waals surface area contributed by atoms with Crippen molar-refractivity contribution in [3.8, 4) is 5.88 Å². The summed E-state index contributed by atoms with van der Waals surface area (Å²) in [6.07, 6.45) is 1.03. The predicted molar refractivity (Wildman–Crippen MR) is 99.4 cm³/mol. The van der Waals surface area contributed by atoms with Gasteiger partial charge in [0.1, 0.15) is 0 Å². The lowest BCUT2D eigenvalue weighted by atomic mass is 9.99. The quantitative estimate of drug-likeness (QED) is 0.921. The van der Waals surface area contributed by atoms with E-state index in [1.54, 1.807) is 0 Å². The first-order valence-electron chi connectivity index (χ1n) is 8.77. The largest absolute Gasteiger partial charge is 0.494 e. The van der Waals surface area contributed by atoms with Gasteiger partial charge in [0.2, 0.25) is 5.88 Å². The van der Waals surface area contributed by atoms with E-state index in [0.717, 1.165) is 28.6 Å². The Morgan fingerprint density at radius 2 is 2.04 bits per heavy atom. The lowest BCUT2D eigenvalue weighted by Crippen LogP contribution is -2.22. The van der Waals surface area contributed by atoms with Crippen LogP contribution in [0.1, 0.15) is 45.7 Å². The summed E-state index contributed by atoms with van der Waals surface area (Å²) in [4.78, 5) is 4.61. The molecule has 0 atom stereocenters. The van der Waals surface area contributed by atoms with Gasteiger partial charge in [0.05, 0.1) is 36.6 Å². The number of fused-ring (bicyclic) bond motifs is 1. The van der Waals surface area contributed by atoms with Crippen molar-refractivity contribution in [3.05, 3.63) is 29.3 Å². The van der Waals surface area contributed by atoms with Crippen LogP contribution in [0.3, 0.4) is 0 Å². The van der Waals surface area contributed by atoms with Crippen molar-refractivity contribution in [3.63, 3.8) is 0 Å². The van der Waals surface area contributed by atoms with Crippen molar-refractivity contribution >= 4 is 16.6 Å². The zero-order valence-corrected chi connectivity index (χ0v) is 15.4. The van der Waals surface area contributed by atoms with Gasteiger partial charge in [-0.05, 0) is 50.8 Å². The first kappa shape index (κ1) is 17.0. The van der Waals surface area contributed by atoms with Crippen molar-refractivity contribution in [2.45, 2.75) is 46.6 Å². The van der Waals surface area contributed by atoms with E-state index >= 15 is 0 Å². The molecule has 1 N–H and O–H groups in total. The number of hydrogen-bond donors (Lipinski definition) is 1. The highest BCUT2D eigenvalue weighted by Crippen LogP contribution is 2.38. The van der Waals surface area contributed by atoms with E-state index < -0.39 is 0 Å². The summed E-state index contributed by atoms with van der Waals surface area (Å²) in [5, 5.41) is 12.1. The number of nitrogens with zero attached hydrogens (tertiary/aromatic N) is 2.